The van der Waals surface area contributed by atoms with Crippen LogP contribution >= 0.6 is 0 Å². The zero-order valence-electron chi connectivity index (χ0n) is 39.7. The van der Waals surface area contributed by atoms with Gasteiger partial charge in [0.2, 0.25) is 0 Å². The van der Waals surface area contributed by atoms with Crippen LogP contribution in [0, 0.1) is 96.3 Å². The minimum atomic E-state index is -1.50. The van der Waals surface area contributed by atoms with Crippen molar-refractivity contribution in [3.05, 3.63) is 71.9 Å². The summed E-state index contributed by atoms with van der Waals surface area (Å²) >= 11 is 0. The molecule has 54 heavy (non-hydrogen) atoms. The summed E-state index contributed by atoms with van der Waals surface area (Å²) in [6, 6.07) is 0. The first-order chi connectivity index (χ1) is 21.8. The molecule has 0 aliphatic heterocycles. The van der Waals surface area contributed by atoms with Gasteiger partial charge in [0.15, 0.2) is 0 Å². The van der Waals surface area contributed by atoms with Crippen molar-refractivity contribution in [1.82, 2.24) is 0 Å². The molecule has 313 valence electrons. The maximum Gasteiger partial charge on any atom is 4.00 e. The Morgan fingerprint density at radius 1 is 0.537 bits per heavy atom. The second-order valence-electron chi connectivity index (χ2n) is 20.8. The molecule has 12 atom stereocenters. The van der Waals surface area contributed by atoms with Crippen LogP contribution in [-0.4, -0.2) is 27.5 Å². The Labute approximate surface area is 376 Å². The van der Waals surface area contributed by atoms with Crippen LogP contribution in [-0.2, 0) is 43.4 Å². The molecular formula is C48H95N2Si2Ti2. The molecule has 6 aliphatic carbocycles. The summed E-state index contributed by atoms with van der Waals surface area (Å²) in [5.41, 5.74) is 2.20. The molecular weight excluding hydrogens is 756 g/mol. The minimum absolute atomic E-state index is 0. The largest absolute Gasteiger partial charge is 4.00 e. The second-order valence-corrected chi connectivity index (χ2v) is 29.2. The standard InChI is InChI=1S/2C19H36NSi.C5H8.5CH3.2Ti/c2*1-13-10-16-11-14-8-7-9-15(14)12-17(16)18(13)21(5,6)20-19(2,3)4;1-3-5-4-2;;;;;;;/h2*13-18H,7-12H2,1-6H3;3-5H,1H2,2H3;5*1H3;;/q2*-1;;5*-1;+3;+4/b;;5-4+;;;;;;;. The van der Waals surface area contributed by atoms with Crippen LogP contribution in [0.3, 0.4) is 0 Å². The van der Waals surface area contributed by atoms with E-state index in [1.54, 1.807) is 44.6 Å². The van der Waals surface area contributed by atoms with Crippen LogP contribution in [0.1, 0.15) is 139 Å². The fourth-order valence-corrected chi connectivity index (χ4v) is 23.4. The van der Waals surface area contributed by atoms with Crippen molar-refractivity contribution in [2.75, 3.05) is 0 Å². The van der Waals surface area contributed by atoms with Crippen molar-refractivity contribution in [3.8, 4) is 0 Å². The number of fused-ring (bicyclic) bond motifs is 4. The third kappa shape index (κ3) is 16.0. The predicted octanol–water partition coefficient (Wildman–Crippen LogP) is 16.4. The second kappa shape index (κ2) is 25.1. The van der Waals surface area contributed by atoms with E-state index in [9.17, 15) is 0 Å². The molecule has 0 aromatic rings. The summed E-state index contributed by atoms with van der Waals surface area (Å²) in [7, 11) is -2.99. The number of allylic oxidation sites excluding steroid dienone is 3. The molecule has 6 saturated carbocycles. The van der Waals surface area contributed by atoms with Crippen LogP contribution in [0.15, 0.2) is 24.8 Å². The van der Waals surface area contributed by atoms with Crippen LogP contribution in [0.2, 0.25) is 37.3 Å². The molecule has 12 unspecified atom stereocenters. The van der Waals surface area contributed by atoms with Crippen LogP contribution in [0.5, 0.6) is 0 Å². The quantitative estimate of drug-likeness (QED) is 0.150. The first kappa shape index (κ1) is 61.9. The topological polar surface area (TPSA) is 28.2 Å². The maximum atomic E-state index is 5.39. The smallest absolute Gasteiger partial charge is 0.660 e. The minimum Gasteiger partial charge on any atom is -0.660 e. The molecule has 0 saturated heterocycles. The molecule has 0 bridgehead atoms. The molecule has 0 aromatic heterocycles. The fraction of sp³-hybridized carbons (Fsp3) is 0.812. The first-order valence-electron chi connectivity index (χ1n) is 20.5. The summed E-state index contributed by atoms with van der Waals surface area (Å²) in [5, 5.41) is 0. The van der Waals surface area contributed by atoms with E-state index in [1.807, 2.05) is 19.1 Å². The molecule has 0 N–H and O–H groups in total. The van der Waals surface area contributed by atoms with E-state index in [1.165, 1.54) is 38.5 Å². The fourth-order valence-electron chi connectivity index (χ4n) is 13.6. The Hall–Kier alpha value is 1.26. The first-order valence-corrected chi connectivity index (χ1v) is 26.5. The van der Waals surface area contributed by atoms with Gasteiger partial charge in [0.05, 0.1) is 0 Å². The van der Waals surface area contributed by atoms with Crippen LogP contribution in [0.4, 0.5) is 0 Å². The molecule has 0 aromatic carbocycles. The number of nitrogens with zero attached hydrogens (tertiary/aromatic N) is 2. The van der Waals surface area contributed by atoms with Gasteiger partial charge in [0, 0.05) is 0 Å². The van der Waals surface area contributed by atoms with Crippen molar-refractivity contribution in [2.45, 2.75) is 188 Å². The number of rotatable bonds is 5. The Morgan fingerprint density at radius 3 is 1.07 bits per heavy atom. The molecule has 0 amide bonds. The van der Waals surface area contributed by atoms with E-state index < -0.39 is 16.5 Å². The SMILES string of the molecule is C=C/C=C/C.CC1CC2CC3CCCC3CC2C1[Si](C)(C)[N-]C(C)(C)C.CC1CC2CC3CCCC3CC2C1[Si](C)(C)[N-]C(C)(C)C.[CH3-].[CH3-].[CH3-].[CH3-].[CH3-].[Ti+3].[Ti+4]. The molecule has 6 fully saturated rings. The zero-order valence-corrected chi connectivity index (χ0v) is 44.9. The maximum absolute atomic E-state index is 5.39. The Bertz CT molecular complexity index is 972. The van der Waals surface area contributed by atoms with Crippen molar-refractivity contribution in [3.63, 3.8) is 0 Å². The Morgan fingerprint density at radius 2 is 0.833 bits per heavy atom. The summed E-state index contributed by atoms with van der Waals surface area (Å²) < 4.78 is 0. The van der Waals surface area contributed by atoms with Gasteiger partial charge in [-0.1, -0.05) is 172 Å². The number of hydrogen-bond acceptors (Lipinski definition) is 0. The van der Waals surface area contributed by atoms with Gasteiger partial charge in [-0.05, 0) is 105 Å². The van der Waals surface area contributed by atoms with Crippen molar-refractivity contribution >= 4 is 16.5 Å². The van der Waals surface area contributed by atoms with Gasteiger partial charge in [-0.2, -0.15) is 0 Å². The molecule has 0 spiro atoms. The summed E-state index contributed by atoms with van der Waals surface area (Å²) in [5.74, 6) is 10.3. The normalized spacial score (nSPS) is 34.8. The van der Waals surface area contributed by atoms with E-state index in [2.05, 4.69) is 88.2 Å². The van der Waals surface area contributed by atoms with Gasteiger partial charge in [-0.3, -0.25) is 0 Å². The third-order valence-electron chi connectivity index (χ3n) is 13.9. The van der Waals surface area contributed by atoms with E-state index in [-0.39, 0.29) is 91.6 Å². The Balaban J connectivity index is -0.000000369. The van der Waals surface area contributed by atoms with Gasteiger partial charge in [-0.25, -0.2) is 0 Å². The van der Waals surface area contributed by atoms with Gasteiger partial charge in [-0.15, -0.1) is 11.1 Å². The van der Waals surface area contributed by atoms with E-state index in [0.717, 1.165) is 70.3 Å². The molecule has 6 heteroatoms. The van der Waals surface area contributed by atoms with Crippen molar-refractivity contribution in [1.29, 1.82) is 0 Å². The summed E-state index contributed by atoms with van der Waals surface area (Å²) in [6.07, 6.45) is 24.0. The predicted molar refractivity (Wildman–Crippen MR) is 247 cm³/mol. The average molecular weight is 852 g/mol. The molecule has 6 rings (SSSR count). The summed E-state index contributed by atoms with van der Waals surface area (Å²) in [4.78, 5) is 10.8. The monoisotopic (exact) mass is 852 g/mol. The van der Waals surface area contributed by atoms with Gasteiger partial charge >= 0.3 is 43.4 Å². The van der Waals surface area contributed by atoms with Gasteiger partial charge in [0.25, 0.3) is 0 Å². The zero-order chi connectivity index (χ0) is 34.9. The van der Waals surface area contributed by atoms with E-state index in [0.29, 0.717) is 0 Å². The molecule has 0 heterocycles. The van der Waals surface area contributed by atoms with Gasteiger partial charge in [0.1, 0.15) is 0 Å². The summed E-state index contributed by atoms with van der Waals surface area (Å²) in [6.45, 7) is 34.5. The van der Waals surface area contributed by atoms with Crippen molar-refractivity contribution in [2.24, 2.45) is 59.2 Å². The van der Waals surface area contributed by atoms with Crippen molar-refractivity contribution < 1.29 is 43.4 Å². The molecule has 1 radical (unpaired) electrons. The Kier molecular flexibility index (Phi) is 28.8. The third-order valence-corrected chi connectivity index (χ3v) is 21.7. The van der Waals surface area contributed by atoms with Gasteiger partial charge < -0.3 is 47.1 Å². The molecule has 2 nitrogen and oxygen atoms in total. The number of hydrogen-bond donors (Lipinski definition) is 0. The van der Waals surface area contributed by atoms with Crippen LogP contribution < -0.4 is 0 Å². The average Bonchev–Trinajstić information content (AvgIpc) is 3.67. The van der Waals surface area contributed by atoms with E-state index >= 15 is 0 Å². The van der Waals surface area contributed by atoms with E-state index in [4.69, 9.17) is 9.96 Å². The van der Waals surface area contributed by atoms with Crippen LogP contribution in [0.25, 0.3) is 9.96 Å². The molecule has 6 aliphatic rings.